The molecule has 0 atom stereocenters. The summed E-state index contributed by atoms with van der Waals surface area (Å²) in [5.74, 6) is -0.0540. The first-order valence-electron chi connectivity index (χ1n) is 5.50. The Labute approximate surface area is 116 Å². The fraction of sp³-hybridized carbons (Fsp3) is 0. The second-order valence-electron chi connectivity index (χ2n) is 3.93. The van der Waals surface area contributed by atoms with Crippen molar-refractivity contribution < 1.29 is 5.11 Å². The SMILES string of the molecule is O=c1[nH]c(-c2cccc3cccnc23)nc(O)c1Br. The van der Waals surface area contributed by atoms with E-state index in [1.807, 2.05) is 24.3 Å². The van der Waals surface area contributed by atoms with Gasteiger partial charge < -0.3 is 10.1 Å². The number of fused-ring (bicyclic) bond motifs is 1. The summed E-state index contributed by atoms with van der Waals surface area (Å²) in [4.78, 5) is 22.5. The van der Waals surface area contributed by atoms with Gasteiger partial charge in [0.1, 0.15) is 10.3 Å². The van der Waals surface area contributed by atoms with Gasteiger partial charge in [-0.1, -0.05) is 18.2 Å². The zero-order valence-corrected chi connectivity index (χ0v) is 11.2. The summed E-state index contributed by atoms with van der Waals surface area (Å²) in [6.07, 6.45) is 1.67. The van der Waals surface area contributed by atoms with Crippen molar-refractivity contribution in [1.82, 2.24) is 15.0 Å². The van der Waals surface area contributed by atoms with Crippen molar-refractivity contribution >= 4 is 26.8 Å². The van der Waals surface area contributed by atoms with Crippen LogP contribution in [0.25, 0.3) is 22.3 Å². The van der Waals surface area contributed by atoms with Crippen LogP contribution in [0.2, 0.25) is 0 Å². The molecular formula is C13H8BrN3O2. The van der Waals surface area contributed by atoms with E-state index in [0.29, 0.717) is 5.56 Å². The van der Waals surface area contributed by atoms with Crippen LogP contribution in [0, 0.1) is 0 Å². The average Bonchev–Trinajstić information content (AvgIpc) is 2.43. The van der Waals surface area contributed by atoms with E-state index in [-0.39, 0.29) is 16.2 Å². The van der Waals surface area contributed by atoms with E-state index < -0.39 is 5.56 Å². The van der Waals surface area contributed by atoms with Crippen molar-refractivity contribution in [3.8, 4) is 17.3 Å². The molecule has 3 rings (SSSR count). The lowest BCUT2D eigenvalue weighted by Crippen LogP contribution is -2.09. The van der Waals surface area contributed by atoms with Crippen LogP contribution in [0.3, 0.4) is 0 Å². The van der Waals surface area contributed by atoms with Crippen LogP contribution in [-0.4, -0.2) is 20.1 Å². The molecule has 0 aliphatic heterocycles. The lowest BCUT2D eigenvalue weighted by atomic mass is 10.1. The van der Waals surface area contributed by atoms with Gasteiger partial charge in [-0.25, -0.2) is 0 Å². The van der Waals surface area contributed by atoms with Gasteiger partial charge in [0.15, 0.2) is 0 Å². The molecule has 2 aromatic heterocycles. The van der Waals surface area contributed by atoms with Gasteiger partial charge in [0.2, 0.25) is 5.88 Å². The molecular weight excluding hydrogens is 310 g/mol. The number of pyridine rings is 1. The minimum Gasteiger partial charge on any atom is -0.492 e. The maximum Gasteiger partial charge on any atom is 0.269 e. The van der Waals surface area contributed by atoms with Crippen LogP contribution in [0.4, 0.5) is 0 Å². The Hall–Kier alpha value is -2.21. The zero-order chi connectivity index (χ0) is 13.4. The topological polar surface area (TPSA) is 78.9 Å². The van der Waals surface area contributed by atoms with Crippen LogP contribution in [-0.2, 0) is 0 Å². The second kappa shape index (κ2) is 4.47. The molecule has 2 heterocycles. The van der Waals surface area contributed by atoms with Gasteiger partial charge in [0, 0.05) is 17.1 Å². The molecule has 0 aliphatic carbocycles. The summed E-state index contributed by atoms with van der Waals surface area (Å²) in [5.41, 5.74) is 0.948. The third kappa shape index (κ3) is 2.00. The van der Waals surface area contributed by atoms with Crippen molar-refractivity contribution in [3.05, 3.63) is 51.4 Å². The lowest BCUT2D eigenvalue weighted by Gasteiger charge is -2.05. The highest BCUT2D eigenvalue weighted by Gasteiger charge is 2.11. The minimum absolute atomic E-state index is 0.0180. The van der Waals surface area contributed by atoms with Gasteiger partial charge in [-0.15, -0.1) is 0 Å². The summed E-state index contributed by atoms with van der Waals surface area (Å²) < 4.78 is 0.0180. The van der Waals surface area contributed by atoms with E-state index in [1.54, 1.807) is 12.3 Å². The number of para-hydroxylation sites is 1. The number of nitrogens with zero attached hydrogens (tertiary/aromatic N) is 2. The predicted molar refractivity (Wildman–Crippen MR) is 75.0 cm³/mol. The fourth-order valence-corrected chi connectivity index (χ4v) is 2.06. The quantitative estimate of drug-likeness (QED) is 0.722. The van der Waals surface area contributed by atoms with E-state index in [1.165, 1.54) is 0 Å². The van der Waals surface area contributed by atoms with E-state index in [2.05, 4.69) is 30.9 Å². The summed E-state index contributed by atoms with van der Waals surface area (Å²) in [6.45, 7) is 0. The molecule has 0 unspecified atom stereocenters. The monoisotopic (exact) mass is 317 g/mol. The molecule has 19 heavy (non-hydrogen) atoms. The highest BCUT2D eigenvalue weighted by Crippen LogP contribution is 2.26. The van der Waals surface area contributed by atoms with E-state index in [9.17, 15) is 9.90 Å². The molecule has 3 aromatic rings. The first-order chi connectivity index (χ1) is 9.16. The number of H-pyrrole nitrogens is 1. The molecule has 1 aromatic carbocycles. The summed E-state index contributed by atoms with van der Waals surface area (Å²) >= 11 is 2.96. The highest BCUT2D eigenvalue weighted by molar-refractivity contribution is 9.10. The molecule has 94 valence electrons. The normalized spacial score (nSPS) is 10.8. The fourth-order valence-electron chi connectivity index (χ4n) is 1.87. The van der Waals surface area contributed by atoms with Crippen LogP contribution in [0.1, 0.15) is 0 Å². The smallest absolute Gasteiger partial charge is 0.269 e. The number of hydrogen-bond acceptors (Lipinski definition) is 4. The molecule has 0 saturated carbocycles. The Balaban J connectivity index is 2.34. The summed E-state index contributed by atoms with van der Waals surface area (Å²) in [5, 5.41) is 10.6. The number of nitrogens with one attached hydrogen (secondary N) is 1. The first-order valence-corrected chi connectivity index (χ1v) is 6.29. The molecule has 0 aliphatic rings. The Morgan fingerprint density at radius 3 is 2.79 bits per heavy atom. The van der Waals surface area contributed by atoms with E-state index in [4.69, 9.17) is 0 Å². The second-order valence-corrected chi connectivity index (χ2v) is 4.73. The first kappa shape index (κ1) is 11.9. The largest absolute Gasteiger partial charge is 0.492 e. The van der Waals surface area contributed by atoms with Gasteiger partial charge >= 0.3 is 0 Å². The molecule has 0 radical (unpaired) electrons. The molecule has 0 saturated heterocycles. The van der Waals surface area contributed by atoms with Gasteiger partial charge in [-0.3, -0.25) is 9.78 Å². The van der Waals surface area contributed by atoms with Crippen LogP contribution in [0.5, 0.6) is 5.88 Å². The van der Waals surface area contributed by atoms with Gasteiger partial charge in [-0.2, -0.15) is 4.98 Å². The van der Waals surface area contributed by atoms with Gasteiger partial charge in [-0.05, 0) is 28.1 Å². The maximum atomic E-state index is 11.6. The van der Waals surface area contributed by atoms with Crippen LogP contribution < -0.4 is 5.56 Å². The number of rotatable bonds is 1. The van der Waals surface area contributed by atoms with Crippen molar-refractivity contribution in [2.45, 2.75) is 0 Å². The number of aromatic amines is 1. The highest BCUT2D eigenvalue weighted by atomic mass is 79.9. The number of benzene rings is 1. The molecule has 0 fully saturated rings. The molecule has 0 spiro atoms. The number of aromatic hydroxyl groups is 1. The predicted octanol–water partition coefficient (Wildman–Crippen LogP) is 2.45. The molecule has 6 heteroatoms. The van der Waals surface area contributed by atoms with Crippen molar-refractivity contribution in [1.29, 1.82) is 0 Å². The standard InChI is InChI=1S/C13H8BrN3O2/c14-9-12(18)16-11(17-13(9)19)8-5-1-3-7-4-2-6-15-10(7)8/h1-6H,(H2,16,17,18,19). The molecule has 0 amide bonds. The Morgan fingerprint density at radius 2 is 2.00 bits per heavy atom. The minimum atomic E-state index is -0.435. The molecule has 2 N–H and O–H groups in total. The Bertz CT molecular complexity index is 824. The van der Waals surface area contributed by atoms with E-state index >= 15 is 0 Å². The number of aromatic nitrogens is 3. The average molecular weight is 318 g/mol. The number of halogens is 1. The third-order valence-electron chi connectivity index (χ3n) is 2.73. The van der Waals surface area contributed by atoms with Crippen molar-refractivity contribution in [2.24, 2.45) is 0 Å². The van der Waals surface area contributed by atoms with Crippen molar-refractivity contribution in [3.63, 3.8) is 0 Å². The van der Waals surface area contributed by atoms with Gasteiger partial charge in [0.25, 0.3) is 5.56 Å². The zero-order valence-electron chi connectivity index (χ0n) is 9.59. The third-order valence-corrected chi connectivity index (χ3v) is 3.45. The van der Waals surface area contributed by atoms with Crippen LogP contribution >= 0.6 is 15.9 Å². The summed E-state index contributed by atoms with van der Waals surface area (Å²) in [6, 6.07) is 9.31. The molecule has 0 bridgehead atoms. The molecule has 5 nitrogen and oxygen atoms in total. The summed E-state index contributed by atoms with van der Waals surface area (Å²) in [7, 11) is 0. The maximum absolute atomic E-state index is 11.6. The van der Waals surface area contributed by atoms with Crippen molar-refractivity contribution in [2.75, 3.05) is 0 Å². The number of hydrogen-bond donors (Lipinski definition) is 2. The lowest BCUT2D eigenvalue weighted by molar-refractivity contribution is 0.448. The Kier molecular flexibility index (Phi) is 2.79. The Morgan fingerprint density at radius 1 is 1.21 bits per heavy atom. The van der Waals surface area contributed by atoms with E-state index in [0.717, 1.165) is 10.9 Å². The van der Waals surface area contributed by atoms with Gasteiger partial charge in [0.05, 0.1) is 5.52 Å². The van der Waals surface area contributed by atoms with Crippen LogP contribution in [0.15, 0.2) is 45.8 Å².